The van der Waals surface area contributed by atoms with Crippen molar-refractivity contribution in [1.29, 1.82) is 0 Å². The Kier molecular flexibility index (Phi) is 8.35. The summed E-state index contributed by atoms with van der Waals surface area (Å²) in [5, 5.41) is 2.90. The van der Waals surface area contributed by atoms with Crippen LogP contribution in [0, 0.1) is 5.92 Å². The minimum absolute atomic E-state index is 0.0745. The number of rotatable bonds is 7. The van der Waals surface area contributed by atoms with Crippen molar-refractivity contribution in [2.45, 2.75) is 46.3 Å². The highest BCUT2D eigenvalue weighted by molar-refractivity contribution is 6.08. The Morgan fingerprint density at radius 2 is 1.53 bits per heavy atom. The Morgan fingerprint density at radius 3 is 2.06 bits per heavy atom. The van der Waals surface area contributed by atoms with E-state index < -0.39 is 23.7 Å². The number of methoxy groups -OCH3 is 1. The van der Waals surface area contributed by atoms with Gasteiger partial charge in [-0.1, -0.05) is 55.5 Å². The van der Waals surface area contributed by atoms with Crippen LogP contribution in [0.5, 0.6) is 0 Å². The van der Waals surface area contributed by atoms with Crippen LogP contribution in [0.15, 0.2) is 66.2 Å². The van der Waals surface area contributed by atoms with Crippen LogP contribution in [0.3, 0.4) is 0 Å². The number of carbonyl (C=O) groups excluding carboxylic acids is 3. The van der Waals surface area contributed by atoms with E-state index in [0.717, 1.165) is 5.56 Å². The fourth-order valence-corrected chi connectivity index (χ4v) is 3.28. The number of hydrogen-bond acceptors (Lipinski definition) is 5. The average Bonchev–Trinajstić information content (AvgIpc) is 2.75. The molecule has 0 saturated carbocycles. The molecule has 0 aliphatic rings. The van der Waals surface area contributed by atoms with E-state index in [4.69, 9.17) is 9.47 Å². The summed E-state index contributed by atoms with van der Waals surface area (Å²) in [5.41, 5.74) is 1.71. The summed E-state index contributed by atoms with van der Waals surface area (Å²) in [6.07, 6.45) is 1.28. The number of nitrogens with one attached hydrogen (secondary N) is 1. The summed E-state index contributed by atoms with van der Waals surface area (Å²) in [4.78, 5) is 37.0. The number of allylic oxidation sites excluding steroid dienone is 1. The lowest BCUT2D eigenvalue weighted by atomic mass is 9.91. The first kappa shape index (κ1) is 24.9. The number of ether oxygens (including phenoxy) is 2. The Balaban J connectivity index is 2.33. The molecule has 0 fully saturated rings. The van der Waals surface area contributed by atoms with Crippen molar-refractivity contribution in [3.05, 3.63) is 82.9 Å². The van der Waals surface area contributed by atoms with Gasteiger partial charge in [-0.25, -0.2) is 9.59 Å². The molecule has 2 aromatic carbocycles. The van der Waals surface area contributed by atoms with E-state index in [1.54, 1.807) is 64.1 Å². The molecular formula is C26H31NO5. The molecule has 170 valence electrons. The van der Waals surface area contributed by atoms with Gasteiger partial charge in [0.25, 0.3) is 0 Å². The van der Waals surface area contributed by atoms with Crippen LogP contribution in [-0.2, 0) is 9.47 Å². The summed E-state index contributed by atoms with van der Waals surface area (Å²) in [6, 6.07) is 15.4. The number of ketones is 1. The third-order valence-electron chi connectivity index (χ3n) is 4.80. The Bertz CT molecular complexity index is 972. The Morgan fingerprint density at radius 1 is 0.938 bits per heavy atom. The highest BCUT2D eigenvalue weighted by atomic mass is 16.6. The SMILES string of the molecule is COC(=O)c1ccc([C@@H](NC(=O)OC(C)(C)C)[C@@H](C)/C=C(\C)C(=O)c2ccccc2)cc1. The molecule has 2 atom stereocenters. The van der Waals surface area contributed by atoms with Crippen LogP contribution < -0.4 is 5.32 Å². The van der Waals surface area contributed by atoms with Gasteiger partial charge in [-0.3, -0.25) is 4.79 Å². The lowest BCUT2D eigenvalue weighted by Crippen LogP contribution is -2.37. The van der Waals surface area contributed by atoms with Gasteiger partial charge in [0.2, 0.25) is 0 Å². The maximum absolute atomic E-state index is 12.8. The van der Waals surface area contributed by atoms with Crippen LogP contribution in [0.1, 0.15) is 66.9 Å². The molecular weight excluding hydrogens is 406 g/mol. The van der Waals surface area contributed by atoms with Crippen LogP contribution in [0.4, 0.5) is 4.79 Å². The molecule has 0 saturated heterocycles. The third kappa shape index (κ3) is 7.08. The van der Waals surface area contributed by atoms with Crippen molar-refractivity contribution in [1.82, 2.24) is 5.32 Å². The number of amides is 1. The summed E-state index contributed by atoms with van der Waals surface area (Å²) in [6.45, 7) is 9.05. The number of alkyl carbamates (subject to hydrolysis) is 1. The summed E-state index contributed by atoms with van der Waals surface area (Å²) in [7, 11) is 1.32. The zero-order valence-corrected chi connectivity index (χ0v) is 19.5. The predicted molar refractivity (Wildman–Crippen MR) is 124 cm³/mol. The molecule has 0 heterocycles. The van der Waals surface area contributed by atoms with E-state index in [1.807, 2.05) is 31.2 Å². The van der Waals surface area contributed by atoms with E-state index in [2.05, 4.69) is 5.32 Å². The second-order valence-corrected chi connectivity index (χ2v) is 8.64. The first-order chi connectivity index (χ1) is 15.0. The highest BCUT2D eigenvalue weighted by Gasteiger charge is 2.25. The summed E-state index contributed by atoms with van der Waals surface area (Å²) in [5.74, 6) is -0.751. The fraction of sp³-hybridized carbons (Fsp3) is 0.346. The van der Waals surface area contributed by atoms with Crippen LogP contribution in [-0.4, -0.2) is 30.6 Å². The number of Topliss-reactive ketones (excluding diaryl/α,β-unsaturated/α-hetero) is 1. The second-order valence-electron chi connectivity index (χ2n) is 8.64. The van der Waals surface area contributed by atoms with Crippen molar-refractivity contribution >= 4 is 17.8 Å². The molecule has 0 radical (unpaired) electrons. The first-order valence-electron chi connectivity index (χ1n) is 10.5. The quantitative estimate of drug-likeness (QED) is 0.351. The zero-order chi connectivity index (χ0) is 23.9. The van der Waals surface area contributed by atoms with E-state index in [1.165, 1.54) is 7.11 Å². The molecule has 0 spiro atoms. The van der Waals surface area contributed by atoms with Gasteiger partial charge in [0, 0.05) is 5.56 Å². The summed E-state index contributed by atoms with van der Waals surface area (Å²) < 4.78 is 10.2. The van der Waals surface area contributed by atoms with Crippen LogP contribution in [0.25, 0.3) is 0 Å². The van der Waals surface area contributed by atoms with Gasteiger partial charge in [0.05, 0.1) is 18.7 Å². The zero-order valence-electron chi connectivity index (χ0n) is 19.5. The Labute approximate surface area is 189 Å². The third-order valence-corrected chi connectivity index (χ3v) is 4.80. The van der Waals surface area contributed by atoms with Crippen molar-refractivity contribution in [3.8, 4) is 0 Å². The molecule has 1 N–H and O–H groups in total. The molecule has 0 aliphatic carbocycles. The molecule has 0 bridgehead atoms. The topological polar surface area (TPSA) is 81.7 Å². The smallest absolute Gasteiger partial charge is 0.408 e. The van der Waals surface area contributed by atoms with Gasteiger partial charge in [-0.2, -0.15) is 0 Å². The molecule has 1 amide bonds. The van der Waals surface area contributed by atoms with Gasteiger partial charge in [0.1, 0.15) is 5.60 Å². The van der Waals surface area contributed by atoms with Gasteiger partial charge in [0.15, 0.2) is 5.78 Å². The van der Waals surface area contributed by atoms with Crippen molar-refractivity contribution in [3.63, 3.8) is 0 Å². The van der Waals surface area contributed by atoms with Crippen molar-refractivity contribution in [2.75, 3.05) is 7.11 Å². The Hall–Kier alpha value is -3.41. The lowest BCUT2D eigenvalue weighted by Gasteiger charge is -2.27. The number of benzene rings is 2. The fourth-order valence-electron chi connectivity index (χ4n) is 3.28. The molecule has 0 aliphatic heterocycles. The maximum atomic E-state index is 12.8. The van der Waals surface area contributed by atoms with Crippen molar-refractivity contribution < 1.29 is 23.9 Å². The maximum Gasteiger partial charge on any atom is 0.408 e. The molecule has 0 unspecified atom stereocenters. The average molecular weight is 438 g/mol. The van der Waals surface area contributed by atoms with E-state index >= 15 is 0 Å². The van der Waals surface area contributed by atoms with Gasteiger partial charge in [-0.05, 0) is 56.9 Å². The number of carbonyl (C=O) groups is 3. The number of hydrogen-bond donors (Lipinski definition) is 1. The molecule has 6 nitrogen and oxygen atoms in total. The minimum atomic E-state index is -0.651. The van der Waals surface area contributed by atoms with Gasteiger partial charge >= 0.3 is 12.1 Å². The first-order valence-corrected chi connectivity index (χ1v) is 10.5. The normalized spacial score (nSPS) is 13.6. The van der Waals surface area contributed by atoms with Crippen LogP contribution in [0.2, 0.25) is 0 Å². The largest absolute Gasteiger partial charge is 0.465 e. The molecule has 32 heavy (non-hydrogen) atoms. The molecule has 6 heteroatoms. The molecule has 2 aromatic rings. The van der Waals surface area contributed by atoms with Gasteiger partial charge < -0.3 is 14.8 Å². The monoisotopic (exact) mass is 437 g/mol. The van der Waals surface area contributed by atoms with E-state index in [9.17, 15) is 14.4 Å². The second kappa shape index (κ2) is 10.8. The minimum Gasteiger partial charge on any atom is -0.465 e. The van der Waals surface area contributed by atoms with E-state index in [-0.39, 0.29) is 11.7 Å². The van der Waals surface area contributed by atoms with Crippen molar-refractivity contribution in [2.24, 2.45) is 5.92 Å². The summed E-state index contributed by atoms with van der Waals surface area (Å²) >= 11 is 0. The predicted octanol–water partition coefficient (Wildman–Crippen LogP) is 5.50. The van der Waals surface area contributed by atoms with Gasteiger partial charge in [-0.15, -0.1) is 0 Å². The molecule has 0 aromatic heterocycles. The standard InChI is InChI=1S/C26H31NO5/c1-17(16-18(2)23(28)20-10-8-7-9-11-20)22(27-25(30)32-26(3,4)5)19-12-14-21(15-13-19)24(29)31-6/h7-17,22H,1-6H3,(H,27,30)/b18-16+/t17-,22-/m0/s1. The lowest BCUT2D eigenvalue weighted by molar-refractivity contribution is 0.0492. The highest BCUT2D eigenvalue weighted by Crippen LogP contribution is 2.26. The molecule has 2 rings (SSSR count). The number of esters is 1. The van der Waals surface area contributed by atoms with Crippen LogP contribution >= 0.6 is 0 Å². The van der Waals surface area contributed by atoms with E-state index in [0.29, 0.717) is 16.7 Å².